The lowest BCUT2D eigenvalue weighted by molar-refractivity contribution is 0.646. The molecule has 26 heavy (non-hydrogen) atoms. The number of benzene rings is 2. The van der Waals surface area contributed by atoms with E-state index in [0.717, 1.165) is 0 Å². The van der Waals surface area contributed by atoms with Crippen molar-refractivity contribution < 1.29 is 0 Å². The molecule has 0 amide bonds. The van der Waals surface area contributed by atoms with Gasteiger partial charge in [-0.25, -0.2) is 0 Å². The lowest BCUT2D eigenvalue weighted by Crippen LogP contribution is -2.43. The van der Waals surface area contributed by atoms with Crippen molar-refractivity contribution in [2.45, 2.75) is 23.3 Å². The zero-order valence-electron chi connectivity index (χ0n) is 14.5. The van der Waals surface area contributed by atoms with E-state index in [-0.39, 0.29) is 0 Å². The summed E-state index contributed by atoms with van der Waals surface area (Å²) in [7, 11) is 0. The Hall–Kier alpha value is -1.30. The molecule has 0 saturated carbocycles. The van der Waals surface area contributed by atoms with Crippen molar-refractivity contribution in [1.29, 1.82) is 10.5 Å². The fraction of sp³-hybridized carbons (Fsp3) is 0.300. The summed E-state index contributed by atoms with van der Waals surface area (Å²) >= 11 is 15.8. The highest BCUT2D eigenvalue weighted by molar-refractivity contribution is 8.04. The van der Waals surface area contributed by atoms with E-state index < -0.39 is 9.49 Å². The van der Waals surface area contributed by atoms with Crippen molar-refractivity contribution in [3.8, 4) is 12.1 Å². The average Bonchev–Trinajstić information content (AvgIpc) is 2.66. The SMILES string of the molecule is CCSC(C#N)(c1ccccc1Cl)C(C#N)(SCC)c1ccccc1Cl. The zero-order valence-corrected chi connectivity index (χ0v) is 17.6. The molecule has 0 aliphatic heterocycles. The first kappa shape index (κ1) is 21.0. The van der Waals surface area contributed by atoms with Gasteiger partial charge in [0.1, 0.15) is 0 Å². The van der Waals surface area contributed by atoms with E-state index in [0.29, 0.717) is 32.7 Å². The molecule has 6 heteroatoms. The molecule has 2 nitrogen and oxygen atoms in total. The second kappa shape index (κ2) is 9.07. The second-order valence-corrected chi connectivity index (χ2v) is 9.18. The molecule has 0 aromatic heterocycles. The van der Waals surface area contributed by atoms with Gasteiger partial charge >= 0.3 is 0 Å². The number of thioether (sulfide) groups is 2. The maximum atomic E-state index is 10.4. The van der Waals surface area contributed by atoms with E-state index in [1.807, 2.05) is 50.2 Å². The quantitative estimate of drug-likeness (QED) is 0.503. The van der Waals surface area contributed by atoms with Gasteiger partial charge in [-0.15, -0.1) is 23.5 Å². The highest BCUT2D eigenvalue weighted by Crippen LogP contribution is 2.59. The third kappa shape index (κ3) is 3.45. The minimum Gasteiger partial charge on any atom is -0.196 e. The largest absolute Gasteiger partial charge is 0.196 e. The maximum absolute atomic E-state index is 10.4. The standard InChI is InChI=1S/C20H18Cl2N2S2/c1-3-25-19(13-23,15-9-5-7-11-17(15)21)20(14-24,26-4-2)16-10-6-8-12-18(16)22/h5-12H,3-4H2,1-2H3. The van der Waals surface area contributed by atoms with Crippen LogP contribution in [-0.2, 0) is 9.49 Å². The third-order valence-corrected chi connectivity index (χ3v) is 7.51. The Morgan fingerprint density at radius 3 is 1.38 bits per heavy atom. The molecular weight excluding hydrogens is 403 g/mol. The summed E-state index contributed by atoms with van der Waals surface area (Å²) in [6.07, 6.45) is 0. The third-order valence-electron chi connectivity index (χ3n) is 4.04. The molecule has 0 aliphatic carbocycles. The highest BCUT2D eigenvalue weighted by atomic mass is 35.5. The summed E-state index contributed by atoms with van der Waals surface area (Å²) < 4.78 is -2.42. The molecule has 0 aliphatic rings. The normalized spacial score (nSPS) is 15.3. The smallest absolute Gasteiger partial charge is 0.161 e. The predicted molar refractivity (Wildman–Crippen MR) is 114 cm³/mol. The van der Waals surface area contributed by atoms with E-state index in [4.69, 9.17) is 23.2 Å². The van der Waals surface area contributed by atoms with Crippen LogP contribution in [0.2, 0.25) is 10.0 Å². The lowest BCUT2D eigenvalue weighted by Gasteiger charge is -2.42. The lowest BCUT2D eigenvalue weighted by atomic mass is 9.81. The predicted octanol–water partition coefficient (Wildman–Crippen LogP) is 6.64. The molecule has 0 radical (unpaired) electrons. The van der Waals surface area contributed by atoms with E-state index in [1.54, 1.807) is 12.1 Å². The van der Waals surface area contributed by atoms with Crippen LogP contribution in [0.15, 0.2) is 48.5 Å². The topological polar surface area (TPSA) is 47.6 Å². The maximum Gasteiger partial charge on any atom is 0.161 e. The van der Waals surface area contributed by atoms with Gasteiger partial charge in [0, 0.05) is 21.2 Å². The Bertz CT molecular complexity index is 788. The Kier molecular flexibility index (Phi) is 7.33. The fourth-order valence-corrected chi connectivity index (χ4v) is 6.41. The van der Waals surface area contributed by atoms with Gasteiger partial charge in [-0.05, 0) is 23.6 Å². The molecule has 0 spiro atoms. The van der Waals surface area contributed by atoms with Gasteiger partial charge in [0.25, 0.3) is 0 Å². The van der Waals surface area contributed by atoms with Gasteiger partial charge in [-0.1, -0.05) is 73.4 Å². The van der Waals surface area contributed by atoms with Crippen LogP contribution >= 0.6 is 46.7 Å². The molecule has 2 unspecified atom stereocenters. The van der Waals surface area contributed by atoms with Crippen LogP contribution in [0.4, 0.5) is 0 Å². The number of halogens is 2. The van der Waals surface area contributed by atoms with Crippen LogP contribution in [0, 0.1) is 22.7 Å². The van der Waals surface area contributed by atoms with Gasteiger partial charge in [-0.2, -0.15) is 10.5 Å². The van der Waals surface area contributed by atoms with E-state index >= 15 is 0 Å². The van der Waals surface area contributed by atoms with Crippen LogP contribution in [0.25, 0.3) is 0 Å². The summed E-state index contributed by atoms with van der Waals surface area (Å²) in [5.74, 6) is 1.30. The van der Waals surface area contributed by atoms with E-state index in [2.05, 4.69) is 12.1 Å². The zero-order chi connectivity index (χ0) is 19.2. The van der Waals surface area contributed by atoms with Crippen molar-refractivity contribution in [2.24, 2.45) is 0 Å². The Morgan fingerprint density at radius 2 is 1.12 bits per heavy atom. The molecule has 0 bridgehead atoms. The molecule has 0 heterocycles. The van der Waals surface area contributed by atoms with Gasteiger partial charge in [0.15, 0.2) is 9.49 Å². The second-order valence-electron chi connectivity index (χ2n) is 5.41. The van der Waals surface area contributed by atoms with Crippen LogP contribution in [0.5, 0.6) is 0 Å². The highest BCUT2D eigenvalue weighted by Gasteiger charge is 2.57. The van der Waals surface area contributed by atoms with Crippen molar-refractivity contribution >= 4 is 46.7 Å². The van der Waals surface area contributed by atoms with Gasteiger partial charge in [0.05, 0.1) is 12.1 Å². The molecule has 134 valence electrons. The number of hydrogen-bond acceptors (Lipinski definition) is 4. The molecule has 2 aromatic carbocycles. The van der Waals surface area contributed by atoms with Crippen molar-refractivity contribution in [2.75, 3.05) is 11.5 Å². The molecule has 0 N–H and O–H groups in total. The molecule has 2 rings (SSSR count). The van der Waals surface area contributed by atoms with E-state index in [9.17, 15) is 10.5 Å². The van der Waals surface area contributed by atoms with Gasteiger partial charge < -0.3 is 0 Å². The number of hydrogen-bond donors (Lipinski definition) is 0. The van der Waals surface area contributed by atoms with Gasteiger partial charge in [0.2, 0.25) is 0 Å². The molecule has 0 saturated heterocycles. The minimum atomic E-state index is -1.21. The summed E-state index contributed by atoms with van der Waals surface area (Å²) in [6.45, 7) is 3.94. The monoisotopic (exact) mass is 420 g/mol. The van der Waals surface area contributed by atoms with Crippen molar-refractivity contribution in [1.82, 2.24) is 0 Å². The van der Waals surface area contributed by atoms with Crippen molar-refractivity contribution in [3.63, 3.8) is 0 Å². The fourth-order valence-electron chi connectivity index (χ4n) is 3.01. The van der Waals surface area contributed by atoms with Crippen LogP contribution in [-0.4, -0.2) is 11.5 Å². The Labute approximate surface area is 173 Å². The Morgan fingerprint density at radius 1 is 0.769 bits per heavy atom. The average molecular weight is 421 g/mol. The summed E-state index contributed by atoms with van der Waals surface area (Å²) in [6, 6.07) is 19.4. The van der Waals surface area contributed by atoms with Crippen LogP contribution in [0.3, 0.4) is 0 Å². The van der Waals surface area contributed by atoms with E-state index in [1.165, 1.54) is 23.5 Å². The van der Waals surface area contributed by atoms with Crippen LogP contribution in [0.1, 0.15) is 25.0 Å². The number of nitriles is 2. The summed E-state index contributed by atoms with van der Waals surface area (Å²) in [5, 5.41) is 21.7. The first-order valence-corrected chi connectivity index (χ1v) is 10.9. The first-order chi connectivity index (χ1) is 12.5. The first-order valence-electron chi connectivity index (χ1n) is 8.13. The van der Waals surface area contributed by atoms with Crippen molar-refractivity contribution in [3.05, 3.63) is 69.7 Å². The minimum absolute atomic E-state index is 0.471. The summed E-state index contributed by atoms with van der Waals surface area (Å²) in [5.41, 5.74) is 1.27. The Balaban J connectivity index is 2.94. The molecule has 2 atom stereocenters. The van der Waals surface area contributed by atoms with Crippen LogP contribution < -0.4 is 0 Å². The molecule has 2 aromatic rings. The molecule has 0 fully saturated rings. The number of nitrogens with zero attached hydrogens (tertiary/aromatic N) is 2. The summed E-state index contributed by atoms with van der Waals surface area (Å²) in [4.78, 5) is 0. The number of rotatable bonds is 7. The van der Waals surface area contributed by atoms with Gasteiger partial charge in [-0.3, -0.25) is 0 Å². The molecular formula is C20H18Cl2N2S2.